The van der Waals surface area contributed by atoms with Gasteiger partial charge in [0, 0.05) is 25.1 Å². The van der Waals surface area contributed by atoms with E-state index in [4.69, 9.17) is 28.6 Å². The summed E-state index contributed by atoms with van der Waals surface area (Å²) in [5.74, 6) is -0.225. The molecule has 0 radical (unpaired) electrons. The van der Waals surface area contributed by atoms with Gasteiger partial charge in [-0.15, -0.1) is 0 Å². The van der Waals surface area contributed by atoms with Gasteiger partial charge >= 0.3 is 0 Å². The van der Waals surface area contributed by atoms with Crippen molar-refractivity contribution < 1.29 is 14.3 Å². The van der Waals surface area contributed by atoms with E-state index in [1.807, 2.05) is 6.92 Å². The topological polar surface area (TPSA) is 70.7 Å². The van der Waals surface area contributed by atoms with Crippen molar-refractivity contribution in [1.29, 1.82) is 0 Å². The van der Waals surface area contributed by atoms with Gasteiger partial charge in [0.2, 0.25) is 5.91 Å². The second kappa shape index (κ2) is 9.70. The van der Waals surface area contributed by atoms with Gasteiger partial charge in [-0.1, -0.05) is 24.9 Å². The van der Waals surface area contributed by atoms with Crippen molar-refractivity contribution >= 4 is 46.4 Å². The summed E-state index contributed by atoms with van der Waals surface area (Å²) in [6, 6.07) is 4.96. The molecule has 1 aliphatic rings. The first kappa shape index (κ1) is 19.6. The molecule has 1 heterocycles. The van der Waals surface area contributed by atoms with Crippen molar-refractivity contribution in [2.24, 2.45) is 0 Å². The molecule has 0 aromatic heterocycles. The molecule has 136 valence electrons. The second-order valence-electron chi connectivity index (χ2n) is 5.71. The van der Waals surface area contributed by atoms with E-state index in [9.17, 15) is 9.59 Å². The molecule has 1 aromatic rings. The Labute approximate surface area is 157 Å². The number of carbonyl (C=O) groups is 2. The molecular formula is C17H22ClN3O3S. The molecule has 2 rings (SSSR count). The maximum Gasteiger partial charge on any atom is 0.254 e. The first-order valence-corrected chi connectivity index (χ1v) is 9.07. The SMILES string of the molecule is CCCCC(=O)NC(=S)Nc1cc(C(=O)N2CCOCC2)ccc1Cl. The molecule has 1 fully saturated rings. The fourth-order valence-corrected chi connectivity index (χ4v) is 2.77. The van der Waals surface area contributed by atoms with Crippen LogP contribution in [-0.4, -0.2) is 48.1 Å². The minimum absolute atomic E-state index is 0.0825. The van der Waals surface area contributed by atoms with Crippen LogP contribution in [0.5, 0.6) is 0 Å². The van der Waals surface area contributed by atoms with E-state index in [1.54, 1.807) is 23.1 Å². The molecule has 25 heavy (non-hydrogen) atoms. The quantitative estimate of drug-likeness (QED) is 0.765. The number of nitrogens with zero attached hydrogens (tertiary/aromatic N) is 1. The first-order valence-electron chi connectivity index (χ1n) is 8.28. The number of benzene rings is 1. The molecule has 0 unspecified atom stereocenters. The van der Waals surface area contributed by atoms with Crippen molar-refractivity contribution in [3.05, 3.63) is 28.8 Å². The number of anilines is 1. The Morgan fingerprint density at radius 2 is 2.04 bits per heavy atom. The summed E-state index contributed by atoms with van der Waals surface area (Å²) >= 11 is 11.3. The number of thiocarbonyl (C=S) groups is 1. The zero-order chi connectivity index (χ0) is 18.2. The summed E-state index contributed by atoms with van der Waals surface area (Å²) in [6.45, 7) is 4.23. The number of amides is 2. The number of carbonyl (C=O) groups excluding carboxylic acids is 2. The molecule has 0 bridgehead atoms. The van der Waals surface area contributed by atoms with Gasteiger partial charge in [0.25, 0.3) is 5.91 Å². The number of halogens is 1. The van der Waals surface area contributed by atoms with Gasteiger partial charge in [-0.05, 0) is 36.8 Å². The molecule has 1 aromatic carbocycles. The fraction of sp³-hybridized carbons (Fsp3) is 0.471. The number of hydrogen-bond acceptors (Lipinski definition) is 4. The van der Waals surface area contributed by atoms with Crippen LogP contribution in [0.15, 0.2) is 18.2 Å². The van der Waals surface area contributed by atoms with E-state index in [0.717, 1.165) is 12.8 Å². The maximum absolute atomic E-state index is 12.5. The van der Waals surface area contributed by atoms with Crippen LogP contribution in [-0.2, 0) is 9.53 Å². The molecule has 2 amide bonds. The molecule has 0 spiro atoms. The number of hydrogen-bond donors (Lipinski definition) is 2. The van der Waals surface area contributed by atoms with Crippen LogP contribution in [0.25, 0.3) is 0 Å². The number of nitrogens with one attached hydrogen (secondary N) is 2. The monoisotopic (exact) mass is 383 g/mol. The predicted octanol–water partition coefficient (Wildman–Crippen LogP) is 2.82. The van der Waals surface area contributed by atoms with Gasteiger partial charge in [-0.25, -0.2) is 0 Å². The highest BCUT2D eigenvalue weighted by Crippen LogP contribution is 2.24. The molecule has 0 atom stereocenters. The van der Waals surface area contributed by atoms with E-state index in [-0.39, 0.29) is 16.9 Å². The highest BCUT2D eigenvalue weighted by atomic mass is 35.5. The third-order valence-electron chi connectivity index (χ3n) is 3.77. The molecular weight excluding hydrogens is 362 g/mol. The number of ether oxygens (including phenoxy) is 1. The molecule has 0 saturated carbocycles. The van der Waals surface area contributed by atoms with Crippen LogP contribution in [0.4, 0.5) is 5.69 Å². The van der Waals surface area contributed by atoms with Crippen LogP contribution in [0.2, 0.25) is 5.02 Å². The van der Waals surface area contributed by atoms with E-state index < -0.39 is 0 Å². The lowest BCUT2D eigenvalue weighted by Crippen LogP contribution is -2.40. The Balaban J connectivity index is 2.01. The zero-order valence-electron chi connectivity index (χ0n) is 14.1. The molecule has 2 N–H and O–H groups in total. The predicted molar refractivity (Wildman–Crippen MR) is 102 cm³/mol. The van der Waals surface area contributed by atoms with Gasteiger partial charge < -0.3 is 20.3 Å². The third kappa shape index (κ3) is 5.95. The molecule has 6 nitrogen and oxygen atoms in total. The van der Waals surface area contributed by atoms with Crippen molar-refractivity contribution in [1.82, 2.24) is 10.2 Å². The lowest BCUT2D eigenvalue weighted by Gasteiger charge is -2.27. The van der Waals surface area contributed by atoms with Gasteiger partial charge in [0.1, 0.15) is 0 Å². The Hall–Kier alpha value is -1.70. The van der Waals surface area contributed by atoms with Gasteiger partial charge in [-0.3, -0.25) is 9.59 Å². The second-order valence-corrected chi connectivity index (χ2v) is 6.52. The molecule has 8 heteroatoms. The highest BCUT2D eigenvalue weighted by Gasteiger charge is 2.19. The summed E-state index contributed by atoms with van der Waals surface area (Å²) in [7, 11) is 0. The smallest absolute Gasteiger partial charge is 0.254 e. The standard InChI is InChI=1S/C17H22ClN3O3S/c1-2-3-4-15(22)20-17(25)19-14-11-12(5-6-13(14)18)16(23)21-7-9-24-10-8-21/h5-6,11H,2-4,7-10H2,1H3,(H2,19,20,22,25). The van der Waals surface area contributed by atoms with E-state index in [1.165, 1.54) is 0 Å². The number of morpholine rings is 1. The summed E-state index contributed by atoms with van der Waals surface area (Å²) < 4.78 is 5.26. The summed E-state index contributed by atoms with van der Waals surface area (Å²) in [6.07, 6.45) is 2.16. The van der Waals surface area contributed by atoms with Crippen LogP contribution >= 0.6 is 23.8 Å². The van der Waals surface area contributed by atoms with Crippen molar-refractivity contribution in [2.45, 2.75) is 26.2 Å². The average molecular weight is 384 g/mol. The van der Waals surface area contributed by atoms with Crippen molar-refractivity contribution in [3.8, 4) is 0 Å². The van der Waals surface area contributed by atoms with Gasteiger partial charge in [0.05, 0.1) is 23.9 Å². The van der Waals surface area contributed by atoms with Crippen LogP contribution < -0.4 is 10.6 Å². The summed E-state index contributed by atoms with van der Waals surface area (Å²) in [5, 5.41) is 6.09. The maximum atomic E-state index is 12.5. The fourth-order valence-electron chi connectivity index (χ4n) is 2.38. The Morgan fingerprint density at radius 3 is 2.72 bits per heavy atom. The summed E-state index contributed by atoms with van der Waals surface area (Å²) in [5.41, 5.74) is 0.996. The van der Waals surface area contributed by atoms with Crippen LogP contribution in [0, 0.1) is 0 Å². The van der Waals surface area contributed by atoms with Gasteiger partial charge in [0.15, 0.2) is 5.11 Å². The molecule has 1 saturated heterocycles. The minimum Gasteiger partial charge on any atom is -0.378 e. The largest absolute Gasteiger partial charge is 0.378 e. The van der Waals surface area contributed by atoms with E-state index in [0.29, 0.717) is 49.0 Å². The van der Waals surface area contributed by atoms with Crippen LogP contribution in [0.1, 0.15) is 36.5 Å². The molecule has 1 aliphatic heterocycles. The Bertz CT molecular complexity index is 648. The lowest BCUT2D eigenvalue weighted by atomic mass is 10.1. The van der Waals surface area contributed by atoms with Crippen LogP contribution in [0.3, 0.4) is 0 Å². The number of unbranched alkanes of at least 4 members (excludes halogenated alkanes) is 1. The Morgan fingerprint density at radius 1 is 1.32 bits per heavy atom. The van der Waals surface area contributed by atoms with Crippen molar-refractivity contribution in [3.63, 3.8) is 0 Å². The van der Waals surface area contributed by atoms with E-state index in [2.05, 4.69) is 10.6 Å². The average Bonchev–Trinajstić information content (AvgIpc) is 2.62. The zero-order valence-corrected chi connectivity index (χ0v) is 15.7. The lowest BCUT2D eigenvalue weighted by molar-refractivity contribution is -0.119. The minimum atomic E-state index is -0.143. The first-order chi connectivity index (χ1) is 12.0. The Kier molecular flexibility index (Phi) is 7.61. The van der Waals surface area contributed by atoms with Crippen molar-refractivity contribution in [2.75, 3.05) is 31.6 Å². The van der Waals surface area contributed by atoms with E-state index >= 15 is 0 Å². The number of rotatable bonds is 5. The highest BCUT2D eigenvalue weighted by molar-refractivity contribution is 7.80. The third-order valence-corrected chi connectivity index (χ3v) is 4.30. The normalized spacial score (nSPS) is 14.1. The summed E-state index contributed by atoms with van der Waals surface area (Å²) in [4.78, 5) is 26.0. The molecule has 0 aliphatic carbocycles. The van der Waals surface area contributed by atoms with Gasteiger partial charge in [-0.2, -0.15) is 0 Å².